The Morgan fingerprint density at radius 3 is 2.41 bits per heavy atom. The molecule has 3 aromatic rings. The molecule has 0 radical (unpaired) electrons. The standard InChI is InChI=1S/C21H15ClN2O3/c1-13-16(11-23)20(26)24(12-15-9-5-6-10-17(15)22)21(27)18(13)19(25)14-7-3-2-4-8-14/h2-10,27H,12H2,1H3. The second kappa shape index (κ2) is 7.48. The first-order chi connectivity index (χ1) is 13.0. The highest BCUT2D eigenvalue weighted by Crippen LogP contribution is 2.26. The molecule has 27 heavy (non-hydrogen) atoms. The lowest BCUT2D eigenvalue weighted by Gasteiger charge is -2.16. The van der Waals surface area contributed by atoms with Crippen molar-refractivity contribution in [2.45, 2.75) is 13.5 Å². The van der Waals surface area contributed by atoms with Crippen LogP contribution in [0.25, 0.3) is 0 Å². The maximum atomic E-state index is 12.9. The Bertz CT molecular complexity index is 1130. The molecule has 3 rings (SSSR count). The Hall–Kier alpha value is -3.36. The molecule has 1 aromatic heterocycles. The first-order valence-electron chi connectivity index (χ1n) is 8.15. The molecule has 0 unspecified atom stereocenters. The largest absolute Gasteiger partial charge is 0.494 e. The molecule has 5 nitrogen and oxygen atoms in total. The Labute approximate surface area is 160 Å². The van der Waals surface area contributed by atoms with Gasteiger partial charge in [0.2, 0.25) is 5.88 Å². The van der Waals surface area contributed by atoms with Crippen LogP contribution in [0.15, 0.2) is 59.4 Å². The van der Waals surface area contributed by atoms with Crippen LogP contribution in [-0.4, -0.2) is 15.5 Å². The van der Waals surface area contributed by atoms with E-state index >= 15 is 0 Å². The molecular formula is C21H15ClN2O3. The Morgan fingerprint density at radius 2 is 1.78 bits per heavy atom. The molecule has 134 valence electrons. The molecule has 0 aliphatic heterocycles. The van der Waals surface area contributed by atoms with Crippen molar-refractivity contribution in [2.75, 3.05) is 0 Å². The molecule has 0 spiro atoms. The van der Waals surface area contributed by atoms with E-state index in [0.717, 1.165) is 4.57 Å². The lowest BCUT2D eigenvalue weighted by molar-refractivity contribution is 0.103. The average Bonchev–Trinajstić information content (AvgIpc) is 2.67. The molecule has 6 heteroatoms. The summed E-state index contributed by atoms with van der Waals surface area (Å²) < 4.78 is 1.00. The van der Waals surface area contributed by atoms with Gasteiger partial charge in [0.25, 0.3) is 5.56 Å². The quantitative estimate of drug-likeness (QED) is 0.702. The van der Waals surface area contributed by atoms with E-state index < -0.39 is 17.2 Å². The fraction of sp³-hybridized carbons (Fsp3) is 0.0952. The smallest absolute Gasteiger partial charge is 0.271 e. The highest BCUT2D eigenvalue weighted by molar-refractivity contribution is 6.31. The van der Waals surface area contributed by atoms with Crippen molar-refractivity contribution in [1.82, 2.24) is 4.57 Å². The monoisotopic (exact) mass is 378 g/mol. The highest BCUT2D eigenvalue weighted by Gasteiger charge is 2.25. The van der Waals surface area contributed by atoms with Gasteiger partial charge in [-0.05, 0) is 24.1 Å². The summed E-state index contributed by atoms with van der Waals surface area (Å²) in [5.74, 6) is -0.944. The first-order valence-corrected chi connectivity index (χ1v) is 8.53. The van der Waals surface area contributed by atoms with Crippen LogP contribution in [0, 0.1) is 18.3 Å². The number of benzene rings is 2. The summed E-state index contributed by atoms with van der Waals surface area (Å²) in [4.78, 5) is 25.6. The number of ketones is 1. The van der Waals surface area contributed by atoms with Gasteiger partial charge in [0.1, 0.15) is 11.6 Å². The maximum Gasteiger partial charge on any atom is 0.271 e. The molecule has 1 N–H and O–H groups in total. The minimum absolute atomic E-state index is 0.0611. The first kappa shape index (κ1) is 18.4. The molecule has 0 amide bonds. The van der Waals surface area contributed by atoms with Gasteiger partial charge in [-0.25, -0.2) is 0 Å². The van der Waals surface area contributed by atoms with Gasteiger partial charge in [-0.15, -0.1) is 0 Å². The van der Waals surface area contributed by atoms with E-state index in [0.29, 0.717) is 16.1 Å². The SMILES string of the molecule is Cc1c(C(=O)c2ccccc2)c(O)n(Cc2ccccc2Cl)c(=O)c1C#N. The van der Waals surface area contributed by atoms with Gasteiger partial charge in [0, 0.05) is 10.6 Å². The van der Waals surface area contributed by atoms with Crippen LogP contribution in [0.1, 0.15) is 32.6 Å². The summed E-state index contributed by atoms with van der Waals surface area (Å²) in [6.45, 7) is 1.42. The van der Waals surface area contributed by atoms with Crippen LogP contribution in [0.4, 0.5) is 0 Å². The number of carbonyl (C=O) groups is 1. The van der Waals surface area contributed by atoms with Gasteiger partial charge >= 0.3 is 0 Å². The summed E-state index contributed by atoms with van der Waals surface area (Å²) >= 11 is 6.15. The van der Waals surface area contributed by atoms with E-state index in [4.69, 9.17) is 11.6 Å². The molecule has 0 aliphatic carbocycles. The van der Waals surface area contributed by atoms with Crippen LogP contribution in [0.3, 0.4) is 0 Å². The number of hydrogen-bond acceptors (Lipinski definition) is 4. The molecule has 0 aliphatic rings. The third kappa shape index (κ3) is 3.35. The molecule has 2 aromatic carbocycles. The topological polar surface area (TPSA) is 83.1 Å². The molecule has 0 atom stereocenters. The van der Waals surface area contributed by atoms with Crippen molar-refractivity contribution < 1.29 is 9.90 Å². The second-order valence-corrected chi connectivity index (χ2v) is 6.40. The van der Waals surface area contributed by atoms with Crippen LogP contribution in [0.2, 0.25) is 5.02 Å². The lowest BCUT2D eigenvalue weighted by atomic mass is 9.97. The molecule has 0 fully saturated rings. The Kier molecular flexibility index (Phi) is 5.11. The third-order valence-corrected chi connectivity index (χ3v) is 4.72. The predicted molar refractivity (Wildman–Crippen MR) is 102 cm³/mol. The van der Waals surface area contributed by atoms with Gasteiger partial charge < -0.3 is 5.11 Å². The summed E-state index contributed by atoms with van der Waals surface area (Å²) in [7, 11) is 0. The van der Waals surface area contributed by atoms with E-state index in [1.807, 2.05) is 6.07 Å². The Morgan fingerprint density at radius 1 is 1.15 bits per heavy atom. The zero-order valence-corrected chi connectivity index (χ0v) is 15.2. The van der Waals surface area contributed by atoms with Gasteiger partial charge in [-0.2, -0.15) is 5.26 Å². The van der Waals surface area contributed by atoms with E-state index in [1.54, 1.807) is 54.6 Å². The van der Waals surface area contributed by atoms with Crippen molar-refractivity contribution in [1.29, 1.82) is 5.26 Å². The fourth-order valence-electron chi connectivity index (χ4n) is 2.90. The number of pyridine rings is 1. The van der Waals surface area contributed by atoms with Gasteiger partial charge in [-0.1, -0.05) is 60.1 Å². The van der Waals surface area contributed by atoms with Crippen LogP contribution in [0.5, 0.6) is 5.88 Å². The predicted octanol–water partition coefficient (Wildman–Crippen LogP) is 3.67. The molecule has 0 saturated heterocycles. The number of rotatable bonds is 4. The zero-order chi connectivity index (χ0) is 19.6. The lowest BCUT2D eigenvalue weighted by Crippen LogP contribution is -2.27. The number of aromatic nitrogens is 1. The number of hydrogen-bond donors (Lipinski definition) is 1. The van der Waals surface area contributed by atoms with Crippen molar-refractivity contribution >= 4 is 17.4 Å². The van der Waals surface area contributed by atoms with Crippen molar-refractivity contribution in [3.05, 3.63) is 97.8 Å². The maximum absolute atomic E-state index is 12.9. The van der Waals surface area contributed by atoms with E-state index in [-0.39, 0.29) is 23.2 Å². The minimum atomic E-state index is -0.669. The summed E-state index contributed by atoms with van der Waals surface area (Å²) in [5.41, 5.74) is 0.176. The van der Waals surface area contributed by atoms with Gasteiger partial charge in [-0.3, -0.25) is 14.2 Å². The molecule has 1 heterocycles. The third-order valence-electron chi connectivity index (χ3n) is 4.35. The van der Waals surface area contributed by atoms with Crippen LogP contribution >= 0.6 is 11.6 Å². The van der Waals surface area contributed by atoms with Gasteiger partial charge in [0.15, 0.2) is 5.78 Å². The number of nitriles is 1. The number of carbonyl (C=O) groups excluding carboxylic acids is 1. The van der Waals surface area contributed by atoms with E-state index in [2.05, 4.69) is 0 Å². The fourth-order valence-corrected chi connectivity index (χ4v) is 3.10. The van der Waals surface area contributed by atoms with E-state index in [9.17, 15) is 20.0 Å². The summed E-state index contributed by atoms with van der Waals surface area (Å²) in [5, 5.41) is 20.6. The minimum Gasteiger partial charge on any atom is -0.494 e. The van der Waals surface area contributed by atoms with Crippen LogP contribution in [-0.2, 0) is 6.54 Å². The highest BCUT2D eigenvalue weighted by atomic mass is 35.5. The Balaban J connectivity index is 2.24. The number of nitrogens with zero attached hydrogens (tertiary/aromatic N) is 2. The van der Waals surface area contributed by atoms with E-state index in [1.165, 1.54) is 6.92 Å². The summed E-state index contributed by atoms with van der Waals surface area (Å²) in [6, 6.07) is 17.1. The van der Waals surface area contributed by atoms with Crippen LogP contribution < -0.4 is 5.56 Å². The molecular weight excluding hydrogens is 364 g/mol. The van der Waals surface area contributed by atoms with Crippen molar-refractivity contribution in [3.63, 3.8) is 0 Å². The molecule has 0 saturated carbocycles. The summed E-state index contributed by atoms with van der Waals surface area (Å²) in [6.07, 6.45) is 0. The zero-order valence-electron chi connectivity index (χ0n) is 14.4. The normalized spacial score (nSPS) is 10.4. The van der Waals surface area contributed by atoms with Crippen molar-refractivity contribution in [3.8, 4) is 11.9 Å². The number of aromatic hydroxyl groups is 1. The molecule has 0 bridgehead atoms. The van der Waals surface area contributed by atoms with Gasteiger partial charge in [0.05, 0.1) is 12.1 Å². The number of halogens is 1. The van der Waals surface area contributed by atoms with Crippen molar-refractivity contribution in [2.24, 2.45) is 0 Å². The average molecular weight is 379 g/mol. The second-order valence-electron chi connectivity index (χ2n) is 5.99.